The van der Waals surface area contributed by atoms with Gasteiger partial charge in [0.05, 0.1) is 0 Å². The quantitative estimate of drug-likeness (QED) is 0.801. The lowest BCUT2D eigenvalue weighted by atomic mass is 10.1. The number of aromatic nitrogens is 1. The fourth-order valence-electron chi connectivity index (χ4n) is 2.05. The van der Waals surface area contributed by atoms with E-state index >= 15 is 0 Å². The van der Waals surface area contributed by atoms with Crippen molar-refractivity contribution in [2.45, 2.75) is 12.6 Å². The number of rotatable bonds is 1. The van der Waals surface area contributed by atoms with Gasteiger partial charge in [-0.1, -0.05) is 41.9 Å². The first kappa shape index (κ1) is 11.5. The maximum Gasteiger partial charge on any atom is 0.219 e. The van der Waals surface area contributed by atoms with Crippen LogP contribution in [0.15, 0.2) is 42.5 Å². The molecule has 2 heterocycles. The fraction of sp³-hybridized carbons (Fsp3) is 0.214. The van der Waals surface area contributed by atoms with E-state index in [4.69, 9.17) is 16.3 Å². The van der Waals surface area contributed by atoms with Crippen LogP contribution in [0, 0.1) is 0 Å². The summed E-state index contributed by atoms with van der Waals surface area (Å²) in [4.78, 5) is 4.25. The zero-order valence-corrected chi connectivity index (χ0v) is 10.5. The Morgan fingerprint density at radius 3 is 2.83 bits per heavy atom. The van der Waals surface area contributed by atoms with Crippen LogP contribution < -0.4 is 10.1 Å². The summed E-state index contributed by atoms with van der Waals surface area (Å²) in [6, 6.07) is 13.9. The maximum absolute atomic E-state index is 5.97. The van der Waals surface area contributed by atoms with E-state index in [2.05, 4.69) is 22.4 Å². The van der Waals surface area contributed by atoms with Crippen LogP contribution in [0.2, 0.25) is 5.15 Å². The molecule has 0 aliphatic carbocycles. The minimum absolute atomic E-state index is 0.0292. The van der Waals surface area contributed by atoms with E-state index in [1.165, 1.54) is 0 Å². The lowest BCUT2D eigenvalue weighted by molar-refractivity contribution is 0.202. The van der Waals surface area contributed by atoms with Gasteiger partial charge < -0.3 is 10.1 Å². The van der Waals surface area contributed by atoms with Crippen LogP contribution in [0.25, 0.3) is 0 Å². The highest BCUT2D eigenvalue weighted by atomic mass is 35.5. The number of pyridine rings is 1. The van der Waals surface area contributed by atoms with E-state index < -0.39 is 0 Å². The molecule has 3 rings (SSSR count). The predicted octanol–water partition coefficient (Wildman–Crippen LogP) is 2.96. The van der Waals surface area contributed by atoms with Crippen LogP contribution in [0.3, 0.4) is 0 Å². The Labute approximate surface area is 111 Å². The van der Waals surface area contributed by atoms with Crippen LogP contribution in [0.5, 0.6) is 5.88 Å². The van der Waals surface area contributed by atoms with Gasteiger partial charge in [0.2, 0.25) is 5.88 Å². The van der Waals surface area contributed by atoms with Crippen molar-refractivity contribution in [2.24, 2.45) is 0 Å². The van der Waals surface area contributed by atoms with Gasteiger partial charge in [-0.05, 0) is 17.7 Å². The Morgan fingerprint density at radius 1 is 1.17 bits per heavy atom. The number of benzene rings is 1. The van der Waals surface area contributed by atoms with E-state index in [1.54, 1.807) is 6.07 Å². The van der Waals surface area contributed by atoms with Gasteiger partial charge in [-0.15, -0.1) is 0 Å². The molecule has 4 heteroatoms. The van der Waals surface area contributed by atoms with Gasteiger partial charge in [-0.3, -0.25) is 0 Å². The number of ether oxygens (including phenoxy) is 1. The Kier molecular flexibility index (Phi) is 3.17. The molecule has 0 bridgehead atoms. The van der Waals surface area contributed by atoms with Crippen LogP contribution in [0.4, 0.5) is 0 Å². The molecule has 0 fully saturated rings. The second-order valence-electron chi connectivity index (χ2n) is 4.25. The Bertz CT molecular complexity index is 545. The maximum atomic E-state index is 5.97. The van der Waals surface area contributed by atoms with Gasteiger partial charge in [0.25, 0.3) is 0 Å². The molecule has 3 nitrogen and oxygen atoms in total. The summed E-state index contributed by atoms with van der Waals surface area (Å²) in [5, 5.41) is 3.82. The van der Waals surface area contributed by atoms with Crippen molar-refractivity contribution in [3.05, 3.63) is 58.7 Å². The molecule has 0 saturated heterocycles. The summed E-state index contributed by atoms with van der Waals surface area (Å²) in [5.74, 6) is 0.626. The Morgan fingerprint density at radius 2 is 2.00 bits per heavy atom. The molecule has 0 saturated carbocycles. The molecule has 1 aliphatic heterocycles. The van der Waals surface area contributed by atoms with Crippen LogP contribution >= 0.6 is 11.6 Å². The molecule has 0 amide bonds. The minimum atomic E-state index is -0.0292. The summed E-state index contributed by atoms with van der Waals surface area (Å²) in [6.45, 7) is 1.51. The summed E-state index contributed by atoms with van der Waals surface area (Å²) in [7, 11) is 0. The molecule has 0 radical (unpaired) electrons. The highest BCUT2D eigenvalue weighted by Crippen LogP contribution is 2.27. The van der Waals surface area contributed by atoms with Crippen LogP contribution in [-0.4, -0.2) is 11.5 Å². The summed E-state index contributed by atoms with van der Waals surface area (Å²) >= 11 is 5.91. The standard InChI is InChI=1S/C14H13ClN2O/c15-13-7-6-11-8-16-9-12(18-14(11)17-13)10-4-2-1-3-5-10/h1-7,12,16H,8-9H2/t12-/m0/s1. The van der Waals surface area contributed by atoms with E-state index in [0.29, 0.717) is 11.0 Å². The third-order valence-corrected chi connectivity index (χ3v) is 3.19. The Hall–Kier alpha value is -1.58. The highest BCUT2D eigenvalue weighted by molar-refractivity contribution is 6.29. The van der Waals surface area contributed by atoms with Crippen LogP contribution in [-0.2, 0) is 6.54 Å². The number of fused-ring (bicyclic) bond motifs is 1. The number of halogens is 1. The van der Waals surface area contributed by atoms with E-state index in [0.717, 1.165) is 24.2 Å². The fourth-order valence-corrected chi connectivity index (χ4v) is 2.19. The van der Waals surface area contributed by atoms with Crippen molar-refractivity contribution < 1.29 is 4.74 Å². The number of nitrogens with one attached hydrogen (secondary N) is 1. The van der Waals surface area contributed by atoms with E-state index in [9.17, 15) is 0 Å². The van der Waals surface area contributed by atoms with Crippen molar-refractivity contribution in [1.29, 1.82) is 0 Å². The highest BCUT2D eigenvalue weighted by Gasteiger charge is 2.19. The predicted molar refractivity (Wildman–Crippen MR) is 70.8 cm³/mol. The van der Waals surface area contributed by atoms with Crippen molar-refractivity contribution in [1.82, 2.24) is 10.3 Å². The van der Waals surface area contributed by atoms with Crippen molar-refractivity contribution in [3.63, 3.8) is 0 Å². The average molecular weight is 261 g/mol. The number of hydrogen-bond acceptors (Lipinski definition) is 3. The van der Waals surface area contributed by atoms with E-state index in [1.807, 2.05) is 24.3 Å². The first-order chi connectivity index (χ1) is 8.83. The molecule has 0 spiro atoms. The van der Waals surface area contributed by atoms with Gasteiger partial charge in [0.15, 0.2) is 0 Å². The molecule has 92 valence electrons. The van der Waals surface area contributed by atoms with Crippen molar-refractivity contribution in [3.8, 4) is 5.88 Å². The largest absolute Gasteiger partial charge is 0.468 e. The van der Waals surface area contributed by atoms with Crippen molar-refractivity contribution >= 4 is 11.6 Å². The van der Waals surface area contributed by atoms with Gasteiger partial charge in [0.1, 0.15) is 11.3 Å². The third-order valence-electron chi connectivity index (χ3n) is 2.98. The molecule has 1 aromatic heterocycles. The molecule has 1 aromatic carbocycles. The lowest BCUT2D eigenvalue weighted by Crippen LogP contribution is -2.21. The molecule has 18 heavy (non-hydrogen) atoms. The molecule has 1 atom stereocenters. The zero-order chi connectivity index (χ0) is 12.4. The molecule has 1 aliphatic rings. The number of hydrogen-bond donors (Lipinski definition) is 1. The molecular formula is C14H13ClN2O. The normalized spacial score (nSPS) is 18.6. The van der Waals surface area contributed by atoms with Crippen LogP contribution in [0.1, 0.15) is 17.2 Å². The second-order valence-corrected chi connectivity index (χ2v) is 4.63. The molecule has 1 N–H and O–H groups in total. The second kappa shape index (κ2) is 4.96. The average Bonchev–Trinajstić information content (AvgIpc) is 2.61. The summed E-state index contributed by atoms with van der Waals surface area (Å²) < 4.78 is 5.97. The molecule has 0 unspecified atom stereocenters. The summed E-state index contributed by atoms with van der Waals surface area (Å²) in [5.41, 5.74) is 2.18. The lowest BCUT2D eigenvalue weighted by Gasteiger charge is -2.16. The zero-order valence-electron chi connectivity index (χ0n) is 9.77. The smallest absolute Gasteiger partial charge is 0.219 e. The van der Waals surface area contributed by atoms with Gasteiger partial charge in [0, 0.05) is 18.7 Å². The van der Waals surface area contributed by atoms with E-state index in [-0.39, 0.29) is 6.10 Å². The Balaban J connectivity index is 1.92. The first-order valence-corrected chi connectivity index (χ1v) is 6.28. The molecular weight excluding hydrogens is 248 g/mol. The first-order valence-electron chi connectivity index (χ1n) is 5.90. The third kappa shape index (κ3) is 2.33. The minimum Gasteiger partial charge on any atom is -0.468 e. The van der Waals surface area contributed by atoms with Gasteiger partial charge in [-0.2, -0.15) is 0 Å². The van der Waals surface area contributed by atoms with Gasteiger partial charge in [-0.25, -0.2) is 4.98 Å². The molecule has 2 aromatic rings. The monoisotopic (exact) mass is 260 g/mol. The van der Waals surface area contributed by atoms with Crippen molar-refractivity contribution in [2.75, 3.05) is 6.54 Å². The van der Waals surface area contributed by atoms with Gasteiger partial charge >= 0.3 is 0 Å². The SMILES string of the molecule is Clc1ccc2c(n1)O[C@H](c1ccccc1)CNC2. The summed E-state index contributed by atoms with van der Waals surface area (Å²) in [6.07, 6.45) is -0.0292. The number of nitrogens with zero attached hydrogens (tertiary/aromatic N) is 1. The topological polar surface area (TPSA) is 34.1 Å².